The molecule has 0 bridgehead atoms. The number of hydrogen-bond acceptors (Lipinski definition) is 4. The summed E-state index contributed by atoms with van der Waals surface area (Å²) in [7, 11) is 0. The van der Waals surface area contributed by atoms with E-state index >= 15 is 0 Å². The van der Waals surface area contributed by atoms with E-state index in [4.69, 9.17) is 0 Å². The number of aromatic nitrogens is 1. The van der Waals surface area contributed by atoms with Crippen molar-refractivity contribution in [3.8, 4) is 0 Å². The molecule has 4 nitrogen and oxygen atoms in total. The van der Waals surface area contributed by atoms with Crippen molar-refractivity contribution in [3.05, 3.63) is 52.5 Å². The molecule has 0 unspecified atom stereocenters. The zero-order chi connectivity index (χ0) is 17.6. The molecule has 1 fully saturated rings. The van der Waals surface area contributed by atoms with Gasteiger partial charge in [-0.2, -0.15) is 0 Å². The first-order valence-corrected chi connectivity index (χ1v) is 9.17. The Morgan fingerprint density at radius 2 is 2.04 bits per heavy atom. The lowest BCUT2D eigenvalue weighted by Crippen LogP contribution is -2.52. The van der Waals surface area contributed by atoms with Crippen molar-refractivity contribution in [2.24, 2.45) is 5.92 Å². The Morgan fingerprint density at radius 1 is 1.24 bits per heavy atom. The molecule has 0 radical (unpaired) electrons. The van der Waals surface area contributed by atoms with Gasteiger partial charge >= 0.3 is 0 Å². The Hall–Kier alpha value is -2.06. The standard InChI is InChI=1S/C17H12BrF2N3OS/c18-10-1-3-13(12(20)5-10)21-16(24)9-7-23(8-9)17-22-14-4-2-11(19)6-15(14)25-17/h1-6,9H,7-8H2,(H,21,24). The molecule has 1 aliphatic rings. The molecule has 0 spiro atoms. The van der Waals surface area contributed by atoms with E-state index in [1.54, 1.807) is 12.1 Å². The average molecular weight is 424 g/mol. The minimum Gasteiger partial charge on any atom is -0.346 e. The molecule has 2 heterocycles. The zero-order valence-corrected chi connectivity index (χ0v) is 15.2. The van der Waals surface area contributed by atoms with Crippen molar-refractivity contribution in [1.29, 1.82) is 0 Å². The van der Waals surface area contributed by atoms with Crippen LogP contribution in [0.15, 0.2) is 40.9 Å². The zero-order valence-electron chi connectivity index (χ0n) is 12.8. The number of nitrogens with zero attached hydrogens (tertiary/aromatic N) is 2. The lowest BCUT2D eigenvalue weighted by Gasteiger charge is -2.37. The number of benzene rings is 2. The highest BCUT2D eigenvalue weighted by molar-refractivity contribution is 9.10. The van der Waals surface area contributed by atoms with Gasteiger partial charge in [-0.25, -0.2) is 13.8 Å². The molecule has 4 rings (SSSR count). The van der Waals surface area contributed by atoms with Crippen molar-refractivity contribution >= 4 is 54.2 Å². The fraction of sp³-hybridized carbons (Fsp3) is 0.176. The molecule has 8 heteroatoms. The monoisotopic (exact) mass is 423 g/mol. The molecule has 1 N–H and O–H groups in total. The number of fused-ring (bicyclic) bond motifs is 1. The molecule has 25 heavy (non-hydrogen) atoms. The van der Waals surface area contributed by atoms with Crippen molar-refractivity contribution in [2.75, 3.05) is 23.3 Å². The van der Waals surface area contributed by atoms with Crippen LogP contribution in [0.4, 0.5) is 19.6 Å². The average Bonchev–Trinajstić information content (AvgIpc) is 2.91. The normalized spacial score (nSPS) is 14.6. The summed E-state index contributed by atoms with van der Waals surface area (Å²) in [5.74, 6) is -1.22. The molecule has 0 saturated carbocycles. The maximum absolute atomic E-state index is 13.8. The maximum Gasteiger partial charge on any atom is 0.231 e. The molecule has 2 aromatic carbocycles. The van der Waals surface area contributed by atoms with E-state index in [1.807, 2.05) is 4.90 Å². The Balaban J connectivity index is 1.41. The summed E-state index contributed by atoms with van der Waals surface area (Å²) in [6.45, 7) is 1.01. The summed E-state index contributed by atoms with van der Waals surface area (Å²) >= 11 is 4.58. The van der Waals surface area contributed by atoms with Gasteiger partial charge in [0, 0.05) is 17.6 Å². The minimum atomic E-state index is -0.480. The predicted molar refractivity (Wildman–Crippen MR) is 98.0 cm³/mol. The van der Waals surface area contributed by atoms with Gasteiger partial charge in [-0.05, 0) is 36.4 Å². The second-order valence-corrected chi connectivity index (χ2v) is 7.75. The number of hydrogen-bond donors (Lipinski definition) is 1. The van der Waals surface area contributed by atoms with Crippen LogP contribution in [0.3, 0.4) is 0 Å². The minimum absolute atomic E-state index is 0.169. The van der Waals surface area contributed by atoms with Gasteiger partial charge in [0.15, 0.2) is 5.13 Å². The SMILES string of the molecule is O=C(Nc1ccc(Br)cc1F)C1CN(c2nc3ccc(F)cc3s2)C1. The number of thiazole rings is 1. The van der Waals surface area contributed by atoms with E-state index in [0.717, 1.165) is 15.3 Å². The summed E-state index contributed by atoms with van der Waals surface area (Å²) in [5, 5.41) is 3.38. The van der Waals surface area contributed by atoms with Gasteiger partial charge in [-0.3, -0.25) is 4.79 Å². The van der Waals surface area contributed by atoms with E-state index < -0.39 is 5.82 Å². The van der Waals surface area contributed by atoms with Gasteiger partial charge in [-0.15, -0.1) is 0 Å². The van der Waals surface area contributed by atoms with E-state index in [2.05, 4.69) is 26.2 Å². The van der Waals surface area contributed by atoms with Crippen LogP contribution in [-0.2, 0) is 4.79 Å². The third-order valence-corrected chi connectivity index (χ3v) is 5.62. The topological polar surface area (TPSA) is 45.2 Å². The van der Waals surface area contributed by atoms with Crippen LogP contribution in [0, 0.1) is 17.6 Å². The van der Waals surface area contributed by atoms with Gasteiger partial charge in [0.05, 0.1) is 21.8 Å². The van der Waals surface area contributed by atoms with Crippen molar-refractivity contribution in [2.45, 2.75) is 0 Å². The fourth-order valence-corrected chi connectivity index (χ4v) is 3.99. The largest absolute Gasteiger partial charge is 0.346 e. The Kier molecular flexibility index (Phi) is 4.16. The van der Waals surface area contributed by atoms with E-state index in [9.17, 15) is 13.6 Å². The van der Waals surface area contributed by atoms with Gasteiger partial charge < -0.3 is 10.2 Å². The van der Waals surface area contributed by atoms with Gasteiger partial charge in [0.1, 0.15) is 11.6 Å². The Labute approximate surface area is 154 Å². The van der Waals surface area contributed by atoms with Gasteiger partial charge in [0.2, 0.25) is 5.91 Å². The number of amides is 1. The highest BCUT2D eigenvalue weighted by Gasteiger charge is 2.34. The summed E-state index contributed by atoms with van der Waals surface area (Å²) in [6, 6.07) is 8.98. The summed E-state index contributed by atoms with van der Waals surface area (Å²) in [5.41, 5.74) is 0.911. The Morgan fingerprint density at radius 3 is 2.80 bits per heavy atom. The van der Waals surface area contributed by atoms with Crippen LogP contribution in [0.25, 0.3) is 10.2 Å². The summed E-state index contributed by atoms with van der Waals surface area (Å²) in [6.07, 6.45) is 0. The first-order valence-electron chi connectivity index (χ1n) is 7.56. The fourth-order valence-electron chi connectivity index (χ4n) is 2.65. The van der Waals surface area contributed by atoms with Crippen molar-refractivity contribution in [3.63, 3.8) is 0 Å². The number of anilines is 2. The second kappa shape index (κ2) is 6.34. The van der Waals surface area contributed by atoms with Crippen LogP contribution >= 0.6 is 27.3 Å². The van der Waals surface area contributed by atoms with Crippen molar-refractivity contribution in [1.82, 2.24) is 4.98 Å². The highest BCUT2D eigenvalue weighted by atomic mass is 79.9. The smallest absolute Gasteiger partial charge is 0.231 e. The molecular formula is C17H12BrF2N3OS. The highest BCUT2D eigenvalue weighted by Crippen LogP contribution is 2.33. The van der Waals surface area contributed by atoms with Crippen LogP contribution in [-0.4, -0.2) is 24.0 Å². The number of carbonyl (C=O) groups excluding carboxylic acids is 1. The van der Waals surface area contributed by atoms with Crippen LogP contribution in [0.5, 0.6) is 0 Å². The molecule has 3 aromatic rings. The molecule has 0 aliphatic carbocycles. The van der Waals surface area contributed by atoms with E-state index in [0.29, 0.717) is 17.6 Å². The van der Waals surface area contributed by atoms with E-state index in [1.165, 1.54) is 35.6 Å². The number of rotatable bonds is 3. The first-order chi connectivity index (χ1) is 12.0. The number of nitrogens with one attached hydrogen (secondary N) is 1. The van der Waals surface area contributed by atoms with E-state index in [-0.39, 0.29) is 23.3 Å². The quantitative estimate of drug-likeness (QED) is 0.678. The van der Waals surface area contributed by atoms with Crippen LogP contribution in [0.2, 0.25) is 0 Å². The first kappa shape index (κ1) is 16.4. The van der Waals surface area contributed by atoms with Crippen LogP contribution in [0.1, 0.15) is 0 Å². The molecule has 1 saturated heterocycles. The third-order valence-electron chi connectivity index (χ3n) is 4.05. The van der Waals surface area contributed by atoms with Gasteiger partial charge in [0.25, 0.3) is 0 Å². The summed E-state index contributed by atoms with van der Waals surface area (Å²) in [4.78, 5) is 18.7. The summed E-state index contributed by atoms with van der Waals surface area (Å²) < 4.78 is 28.4. The number of halogens is 3. The Bertz CT molecular complexity index is 972. The van der Waals surface area contributed by atoms with Crippen LogP contribution < -0.4 is 10.2 Å². The molecular weight excluding hydrogens is 412 g/mol. The lowest BCUT2D eigenvalue weighted by atomic mass is 10.00. The molecule has 1 amide bonds. The predicted octanol–water partition coefficient (Wildman–Crippen LogP) is 4.41. The molecule has 1 aliphatic heterocycles. The van der Waals surface area contributed by atoms with Crippen molar-refractivity contribution < 1.29 is 13.6 Å². The number of carbonyl (C=O) groups is 1. The molecule has 128 valence electrons. The second-order valence-electron chi connectivity index (χ2n) is 5.82. The maximum atomic E-state index is 13.8. The van der Waals surface area contributed by atoms with Gasteiger partial charge in [-0.1, -0.05) is 27.3 Å². The third kappa shape index (κ3) is 3.23. The molecule has 1 aromatic heterocycles. The molecule has 0 atom stereocenters. The lowest BCUT2D eigenvalue weighted by molar-refractivity contribution is -0.120.